The van der Waals surface area contributed by atoms with E-state index in [-0.39, 0.29) is 11.8 Å². The lowest BCUT2D eigenvalue weighted by Gasteiger charge is -2.19. The van der Waals surface area contributed by atoms with Crippen molar-refractivity contribution in [2.24, 2.45) is 0 Å². The van der Waals surface area contributed by atoms with E-state index in [1.807, 2.05) is 30.5 Å². The van der Waals surface area contributed by atoms with Gasteiger partial charge in [-0.3, -0.25) is 9.59 Å². The van der Waals surface area contributed by atoms with Crippen LogP contribution in [0.2, 0.25) is 0 Å². The number of hydrogen-bond acceptors (Lipinski definition) is 4. The number of aromatic amines is 1. The van der Waals surface area contributed by atoms with E-state index in [0.717, 1.165) is 16.5 Å². The number of amides is 2. The van der Waals surface area contributed by atoms with E-state index in [1.54, 1.807) is 25.3 Å². The van der Waals surface area contributed by atoms with Gasteiger partial charge in [0.05, 0.1) is 19.9 Å². The second-order valence-corrected chi connectivity index (χ2v) is 6.37. The number of carbonyl (C=O) groups excluding carboxylic acids is 2. The first kappa shape index (κ1) is 19.3. The molecule has 1 aromatic heterocycles. The van der Waals surface area contributed by atoms with Gasteiger partial charge in [-0.2, -0.15) is 0 Å². The Kier molecular flexibility index (Phi) is 5.84. The molecule has 28 heavy (non-hydrogen) atoms. The Labute approximate surface area is 163 Å². The number of nitrogens with one attached hydrogen (secondary N) is 3. The van der Waals surface area contributed by atoms with Crippen molar-refractivity contribution in [2.75, 3.05) is 19.5 Å². The lowest BCUT2D eigenvalue weighted by molar-refractivity contribution is -0.125. The molecule has 1 unspecified atom stereocenters. The van der Waals surface area contributed by atoms with Crippen LogP contribution in [-0.2, 0) is 16.0 Å². The number of para-hydroxylation sites is 1. The molecule has 0 aliphatic rings. The zero-order chi connectivity index (χ0) is 20.1. The van der Waals surface area contributed by atoms with E-state index in [9.17, 15) is 9.59 Å². The highest BCUT2D eigenvalue weighted by atomic mass is 16.5. The largest absolute Gasteiger partial charge is 0.497 e. The van der Waals surface area contributed by atoms with Gasteiger partial charge in [0.15, 0.2) is 0 Å². The Morgan fingerprint density at radius 1 is 1.11 bits per heavy atom. The number of hydrogen-bond donors (Lipinski definition) is 3. The number of rotatable bonds is 7. The average Bonchev–Trinajstić information content (AvgIpc) is 3.10. The summed E-state index contributed by atoms with van der Waals surface area (Å²) in [7, 11) is 3.07. The molecule has 0 spiro atoms. The van der Waals surface area contributed by atoms with E-state index < -0.39 is 6.04 Å². The van der Waals surface area contributed by atoms with Crippen molar-refractivity contribution in [1.82, 2.24) is 10.3 Å². The molecule has 3 aromatic rings. The Balaban J connectivity index is 1.83. The Morgan fingerprint density at radius 3 is 2.61 bits per heavy atom. The summed E-state index contributed by atoms with van der Waals surface area (Å²) in [6.45, 7) is 1.39. The third kappa shape index (κ3) is 4.25. The molecule has 7 nitrogen and oxygen atoms in total. The number of H-pyrrole nitrogens is 1. The van der Waals surface area contributed by atoms with Gasteiger partial charge in [0.25, 0.3) is 0 Å². The first-order valence-electron chi connectivity index (χ1n) is 8.86. The van der Waals surface area contributed by atoms with Crippen LogP contribution in [0.3, 0.4) is 0 Å². The van der Waals surface area contributed by atoms with Crippen molar-refractivity contribution in [3.05, 3.63) is 54.2 Å². The average molecular weight is 381 g/mol. The summed E-state index contributed by atoms with van der Waals surface area (Å²) in [6, 6.07) is 12.2. The molecule has 3 N–H and O–H groups in total. The van der Waals surface area contributed by atoms with Crippen LogP contribution in [0, 0.1) is 0 Å². The number of fused-ring (bicyclic) bond motifs is 1. The molecule has 7 heteroatoms. The molecule has 3 rings (SSSR count). The number of methoxy groups -OCH3 is 2. The summed E-state index contributed by atoms with van der Waals surface area (Å²) >= 11 is 0. The third-order valence-electron chi connectivity index (χ3n) is 4.46. The highest BCUT2D eigenvalue weighted by molar-refractivity contribution is 5.98. The standard InChI is InChI=1S/C21H23N3O4/c1-13(25)23-19(10-14-12-22-17-7-5-4-6-16(14)17)21(26)24-18-9-8-15(27-2)11-20(18)28-3/h4-9,11-12,19,22H,10H2,1-3H3,(H,23,25)(H,24,26). The van der Waals surface area contributed by atoms with Crippen LogP contribution in [-0.4, -0.2) is 37.1 Å². The van der Waals surface area contributed by atoms with Crippen LogP contribution in [0.5, 0.6) is 11.5 Å². The fourth-order valence-corrected chi connectivity index (χ4v) is 3.10. The molecule has 0 saturated heterocycles. The van der Waals surface area contributed by atoms with Gasteiger partial charge >= 0.3 is 0 Å². The van der Waals surface area contributed by atoms with Crippen molar-refractivity contribution in [3.8, 4) is 11.5 Å². The van der Waals surface area contributed by atoms with Gasteiger partial charge in [0.2, 0.25) is 11.8 Å². The van der Waals surface area contributed by atoms with Crippen molar-refractivity contribution in [2.45, 2.75) is 19.4 Å². The predicted octanol–water partition coefficient (Wildman–Crippen LogP) is 2.87. The number of benzene rings is 2. The molecule has 0 radical (unpaired) electrons. The van der Waals surface area contributed by atoms with E-state index in [2.05, 4.69) is 15.6 Å². The van der Waals surface area contributed by atoms with Crippen LogP contribution in [0.25, 0.3) is 10.9 Å². The van der Waals surface area contributed by atoms with Crippen LogP contribution in [0.15, 0.2) is 48.7 Å². The van der Waals surface area contributed by atoms with Gasteiger partial charge < -0.3 is 25.1 Å². The van der Waals surface area contributed by atoms with Gasteiger partial charge in [-0.05, 0) is 23.8 Å². The van der Waals surface area contributed by atoms with E-state index in [0.29, 0.717) is 23.6 Å². The quantitative estimate of drug-likeness (QED) is 0.587. The van der Waals surface area contributed by atoms with Gasteiger partial charge in [0.1, 0.15) is 17.5 Å². The van der Waals surface area contributed by atoms with Gasteiger partial charge in [-0.25, -0.2) is 0 Å². The Hall–Kier alpha value is -3.48. The summed E-state index contributed by atoms with van der Waals surface area (Å²) < 4.78 is 10.5. The maximum Gasteiger partial charge on any atom is 0.247 e. The van der Waals surface area contributed by atoms with Crippen molar-refractivity contribution < 1.29 is 19.1 Å². The lowest BCUT2D eigenvalue weighted by atomic mass is 10.0. The van der Waals surface area contributed by atoms with Crippen LogP contribution in [0.1, 0.15) is 12.5 Å². The molecule has 2 amide bonds. The topological polar surface area (TPSA) is 92.5 Å². The summed E-state index contributed by atoms with van der Waals surface area (Å²) in [6.07, 6.45) is 2.22. The number of anilines is 1. The number of ether oxygens (including phenoxy) is 2. The molecule has 0 fully saturated rings. The zero-order valence-corrected chi connectivity index (χ0v) is 16.0. The Morgan fingerprint density at radius 2 is 1.89 bits per heavy atom. The number of carbonyl (C=O) groups is 2. The zero-order valence-electron chi connectivity index (χ0n) is 16.0. The maximum atomic E-state index is 12.9. The van der Waals surface area contributed by atoms with Crippen molar-refractivity contribution >= 4 is 28.4 Å². The van der Waals surface area contributed by atoms with Crippen LogP contribution >= 0.6 is 0 Å². The second kappa shape index (κ2) is 8.47. The minimum Gasteiger partial charge on any atom is -0.497 e. The summed E-state index contributed by atoms with van der Waals surface area (Å²) in [4.78, 5) is 27.8. The molecule has 1 atom stereocenters. The first-order valence-corrected chi connectivity index (χ1v) is 8.86. The van der Waals surface area contributed by atoms with Crippen LogP contribution in [0.4, 0.5) is 5.69 Å². The third-order valence-corrected chi connectivity index (χ3v) is 4.46. The van der Waals surface area contributed by atoms with Crippen molar-refractivity contribution in [3.63, 3.8) is 0 Å². The molecule has 0 aliphatic heterocycles. The van der Waals surface area contributed by atoms with Crippen molar-refractivity contribution in [1.29, 1.82) is 0 Å². The molecule has 2 aromatic carbocycles. The molecular weight excluding hydrogens is 358 g/mol. The molecule has 1 heterocycles. The van der Waals surface area contributed by atoms with Crippen LogP contribution < -0.4 is 20.1 Å². The molecule has 0 aliphatic carbocycles. The monoisotopic (exact) mass is 381 g/mol. The predicted molar refractivity (Wildman–Crippen MR) is 108 cm³/mol. The summed E-state index contributed by atoms with van der Waals surface area (Å²) in [5.74, 6) is 0.485. The molecule has 0 bridgehead atoms. The molecular formula is C21H23N3O4. The summed E-state index contributed by atoms with van der Waals surface area (Å²) in [5.41, 5.74) is 2.44. The van der Waals surface area contributed by atoms with Gasteiger partial charge in [0, 0.05) is 36.5 Å². The fourth-order valence-electron chi connectivity index (χ4n) is 3.10. The number of aromatic nitrogens is 1. The fraction of sp³-hybridized carbons (Fsp3) is 0.238. The Bertz CT molecular complexity index is 996. The van der Waals surface area contributed by atoms with E-state index in [1.165, 1.54) is 14.0 Å². The first-order chi connectivity index (χ1) is 13.5. The van der Waals surface area contributed by atoms with E-state index >= 15 is 0 Å². The highest BCUT2D eigenvalue weighted by Crippen LogP contribution is 2.29. The second-order valence-electron chi connectivity index (χ2n) is 6.37. The van der Waals surface area contributed by atoms with Gasteiger partial charge in [-0.15, -0.1) is 0 Å². The highest BCUT2D eigenvalue weighted by Gasteiger charge is 2.22. The molecule has 146 valence electrons. The normalized spacial score (nSPS) is 11.7. The maximum absolute atomic E-state index is 12.9. The van der Waals surface area contributed by atoms with E-state index in [4.69, 9.17) is 9.47 Å². The SMILES string of the molecule is COc1ccc(NC(=O)C(Cc2c[nH]c3ccccc23)NC(C)=O)c(OC)c1. The molecule has 0 saturated carbocycles. The minimum atomic E-state index is -0.733. The minimum absolute atomic E-state index is 0.276. The lowest BCUT2D eigenvalue weighted by Crippen LogP contribution is -2.44. The van der Waals surface area contributed by atoms with Gasteiger partial charge in [-0.1, -0.05) is 18.2 Å². The smallest absolute Gasteiger partial charge is 0.247 e. The summed E-state index contributed by atoms with van der Waals surface area (Å²) in [5, 5.41) is 6.59.